The van der Waals surface area contributed by atoms with Gasteiger partial charge in [0.15, 0.2) is 0 Å². The van der Waals surface area contributed by atoms with Crippen LogP contribution in [-0.2, 0) is 10.2 Å². The van der Waals surface area contributed by atoms with E-state index in [-0.39, 0.29) is 24.1 Å². The minimum Gasteiger partial charge on any atom is -0.354 e. The second-order valence-corrected chi connectivity index (χ2v) is 4.70. The molecule has 5 heteroatoms. The highest BCUT2D eigenvalue weighted by atomic mass is 35.5. The predicted molar refractivity (Wildman–Crippen MR) is 76.1 cm³/mol. The van der Waals surface area contributed by atoms with Gasteiger partial charge in [0.1, 0.15) is 5.82 Å². The number of carbonyl (C=O) groups is 1. The van der Waals surface area contributed by atoms with Crippen LogP contribution in [-0.4, -0.2) is 25.5 Å². The van der Waals surface area contributed by atoms with E-state index in [1.165, 1.54) is 12.1 Å². The van der Waals surface area contributed by atoms with Crippen molar-refractivity contribution in [2.24, 2.45) is 0 Å². The lowest BCUT2D eigenvalue weighted by Gasteiger charge is -2.15. The molecule has 1 fully saturated rings. The Balaban J connectivity index is 0.00000180. The normalized spacial score (nSPS) is 15.5. The Morgan fingerprint density at radius 2 is 1.89 bits per heavy atom. The fourth-order valence-electron chi connectivity index (χ4n) is 2.15. The summed E-state index contributed by atoms with van der Waals surface area (Å²) in [5.41, 5.74) is 0.518. The summed E-state index contributed by atoms with van der Waals surface area (Å²) >= 11 is 0. The van der Waals surface area contributed by atoms with Gasteiger partial charge in [-0.05, 0) is 37.1 Å². The van der Waals surface area contributed by atoms with Crippen LogP contribution in [0.1, 0.15) is 25.3 Å². The summed E-state index contributed by atoms with van der Waals surface area (Å²) in [7, 11) is 0. The van der Waals surface area contributed by atoms with Gasteiger partial charge >= 0.3 is 0 Å². The monoisotopic (exact) mass is 286 g/mol. The van der Waals surface area contributed by atoms with Crippen LogP contribution in [0.15, 0.2) is 24.3 Å². The maximum Gasteiger partial charge on any atom is 0.230 e. The SMILES string of the molecule is CCNCCNC(=O)C1(c2ccc(F)cc2)CC1.Cl. The van der Waals surface area contributed by atoms with Crippen LogP contribution in [0, 0.1) is 5.82 Å². The number of carbonyl (C=O) groups excluding carboxylic acids is 1. The zero-order chi connectivity index (χ0) is 13.0. The molecule has 0 unspecified atom stereocenters. The van der Waals surface area contributed by atoms with Crippen molar-refractivity contribution in [2.75, 3.05) is 19.6 Å². The summed E-state index contributed by atoms with van der Waals surface area (Å²) in [6.07, 6.45) is 1.71. The van der Waals surface area contributed by atoms with Crippen LogP contribution in [0.5, 0.6) is 0 Å². The lowest BCUT2D eigenvalue weighted by Crippen LogP contribution is -2.38. The molecule has 0 bridgehead atoms. The van der Waals surface area contributed by atoms with Gasteiger partial charge in [0.2, 0.25) is 5.91 Å². The highest BCUT2D eigenvalue weighted by Crippen LogP contribution is 2.48. The molecular formula is C14H20ClFN2O. The molecule has 1 amide bonds. The van der Waals surface area contributed by atoms with Gasteiger partial charge in [0, 0.05) is 13.1 Å². The standard InChI is InChI=1S/C14H19FN2O.ClH/c1-2-16-9-10-17-13(18)14(7-8-14)11-3-5-12(15)6-4-11;/h3-6,16H,2,7-10H2,1H3,(H,17,18);1H. The molecule has 0 spiro atoms. The number of nitrogens with one attached hydrogen (secondary N) is 2. The van der Waals surface area contributed by atoms with Crippen molar-refractivity contribution in [3.63, 3.8) is 0 Å². The Hall–Kier alpha value is -1.13. The van der Waals surface area contributed by atoms with Crippen LogP contribution in [0.4, 0.5) is 4.39 Å². The summed E-state index contributed by atoms with van der Waals surface area (Å²) in [6, 6.07) is 6.26. The first-order chi connectivity index (χ1) is 8.69. The average Bonchev–Trinajstić information content (AvgIpc) is 3.17. The van der Waals surface area contributed by atoms with Crippen LogP contribution in [0.2, 0.25) is 0 Å². The molecular weight excluding hydrogens is 267 g/mol. The maximum absolute atomic E-state index is 12.9. The molecule has 19 heavy (non-hydrogen) atoms. The molecule has 0 aromatic heterocycles. The van der Waals surface area contributed by atoms with Crippen molar-refractivity contribution in [1.82, 2.24) is 10.6 Å². The third-order valence-electron chi connectivity index (χ3n) is 3.42. The molecule has 0 atom stereocenters. The van der Waals surface area contributed by atoms with E-state index in [9.17, 15) is 9.18 Å². The molecule has 0 radical (unpaired) electrons. The van der Waals surface area contributed by atoms with Crippen LogP contribution < -0.4 is 10.6 Å². The zero-order valence-corrected chi connectivity index (χ0v) is 11.9. The summed E-state index contributed by atoms with van der Waals surface area (Å²) in [5, 5.41) is 6.10. The van der Waals surface area contributed by atoms with E-state index in [2.05, 4.69) is 10.6 Å². The molecule has 0 aliphatic heterocycles. The summed E-state index contributed by atoms with van der Waals surface area (Å²) in [6.45, 7) is 4.35. The van der Waals surface area contributed by atoms with E-state index >= 15 is 0 Å². The predicted octanol–water partition coefficient (Wildman–Crippen LogP) is 2.00. The number of amides is 1. The topological polar surface area (TPSA) is 41.1 Å². The molecule has 1 aromatic carbocycles. The molecule has 0 saturated heterocycles. The van der Waals surface area contributed by atoms with E-state index in [4.69, 9.17) is 0 Å². The zero-order valence-electron chi connectivity index (χ0n) is 11.0. The maximum atomic E-state index is 12.9. The second kappa shape index (κ2) is 6.87. The van der Waals surface area contributed by atoms with Gasteiger partial charge in [0.25, 0.3) is 0 Å². The number of likely N-dealkylation sites (N-methyl/N-ethyl adjacent to an activating group) is 1. The fourth-order valence-corrected chi connectivity index (χ4v) is 2.15. The molecule has 3 nitrogen and oxygen atoms in total. The fraction of sp³-hybridized carbons (Fsp3) is 0.500. The minimum atomic E-state index is -0.403. The Labute approximate surface area is 119 Å². The highest BCUT2D eigenvalue weighted by molar-refractivity contribution is 5.91. The Kier molecular flexibility index (Phi) is 5.76. The number of hydrogen-bond acceptors (Lipinski definition) is 2. The van der Waals surface area contributed by atoms with E-state index in [1.807, 2.05) is 6.92 Å². The summed E-state index contributed by atoms with van der Waals surface area (Å²) in [4.78, 5) is 12.1. The van der Waals surface area contributed by atoms with Gasteiger partial charge in [-0.1, -0.05) is 19.1 Å². The Bertz CT molecular complexity index is 418. The van der Waals surface area contributed by atoms with Gasteiger partial charge in [-0.2, -0.15) is 0 Å². The first-order valence-electron chi connectivity index (χ1n) is 6.44. The van der Waals surface area contributed by atoms with E-state index in [0.717, 1.165) is 31.5 Å². The molecule has 1 aliphatic carbocycles. The molecule has 1 aliphatic rings. The number of benzene rings is 1. The number of rotatable bonds is 6. The minimum absolute atomic E-state index is 0. The molecule has 1 saturated carbocycles. The van der Waals surface area contributed by atoms with Crippen molar-refractivity contribution in [3.05, 3.63) is 35.6 Å². The van der Waals surface area contributed by atoms with Crippen LogP contribution >= 0.6 is 12.4 Å². The molecule has 2 rings (SSSR count). The lowest BCUT2D eigenvalue weighted by atomic mass is 9.95. The largest absolute Gasteiger partial charge is 0.354 e. The van der Waals surface area contributed by atoms with E-state index < -0.39 is 5.41 Å². The molecule has 2 N–H and O–H groups in total. The average molecular weight is 287 g/mol. The molecule has 1 aromatic rings. The van der Waals surface area contributed by atoms with Crippen molar-refractivity contribution in [3.8, 4) is 0 Å². The van der Waals surface area contributed by atoms with E-state index in [1.54, 1.807) is 12.1 Å². The number of halogens is 2. The van der Waals surface area contributed by atoms with Gasteiger partial charge in [-0.3, -0.25) is 4.79 Å². The number of hydrogen-bond donors (Lipinski definition) is 2. The highest BCUT2D eigenvalue weighted by Gasteiger charge is 2.50. The third-order valence-corrected chi connectivity index (χ3v) is 3.42. The van der Waals surface area contributed by atoms with Crippen molar-refractivity contribution < 1.29 is 9.18 Å². The van der Waals surface area contributed by atoms with Crippen molar-refractivity contribution in [2.45, 2.75) is 25.2 Å². The van der Waals surface area contributed by atoms with Gasteiger partial charge in [-0.25, -0.2) is 4.39 Å². The van der Waals surface area contributed by atoms with Crippen LogP contribution in [0.3, 0.4) is 0 Å². The van der Waals surface area contributed by atoms with Crippen molar-refractivity contribution in [1.29, 1.82) is 0 Å². The first kappa shape index (κ1) is 15.9. The van der Waals surface area contributed by atoms with Gasteiger partial charge in [-0.15, -0.1) is 12.4 Å². The smallest absolute Gasteiger partial charge is 0.230 e. The second-order valence-electron chi connectivity index (χ2n) is 4.70. The Morgan fingerprint density at radius 1 is 1.26 bits per heavy atom. The van der Waals surface area contributed by atoms with Crippen molar-refractivity contribution >= 4 is 18.3 Å². The first-order valence-corrected chi connectivity index (χ1v) is 6.44. The molecule has 0 heterocycles. The molecule has 106 valence electrons. The quantitative estimate of drug-likeness (QED) is 0.786. The summed E-state index contributed by atoms with van der Waals surface area (Å²) < 4.78 is 12.9. The van der Waals surface area contributed by atoms with Crippen LogP contribution in [0.25, 0.3) is 0 Å². The van der Waals surface area contributed by atoms with Gasteiger partial charge in [0.05, 0.1) is 5.41 Å². The Morgan fingerprint density at radius 3 is 2.42 bits per heavy atom. The third kappa shape index (κ3) is 3.67. The van der Waals surface area contributed by atoms with E-state index in [0.29, 0.717) is 6.54 Å². The summed E-state index contributed by atoms with van der Waals surface area (Å²) in [5.74, 6) is -0.200. The lowest BCUT2D eigenvalue weighted by molar-refractivity contribution is -0.123. The van der Waals surface area contributed by atoms with Gasteiger partial charge < -0.3 is 10.6 Å².